The van der Waals surface area contributed by atoms with Gasteiger partial charge in [-0.1, -0.05) is 13.3 Å². The molecular weight excluding hydrogens is 264 g/mol. The first-order chi connectivity index (χ1) is 7.61. The maximum atomic E-state index is 5.89. The van der Waals surface area contributed by atoms with E-state index in [9.17, 15) is 0 Å². The lowest BCUT2D eigenvalue weighted by Crippen LogP contribution is -2.20. The second kappa shape index (κ2) is 4.66. The molecule has 0 spiro atoms. The number of anilines is 2. The van der Waals surface area contributed by atoms with Crippen molar-refractivity contribution in [3.05, 3.63) is 22.2 Å². The van der Waals surface area contributed by atoms with Crippen LogP contribution in [-0.4, -0.2) is 13.1 Å². The van der Waals surface area contributed by atoms with E-state index in [-0.39, 0.29) is 0 Å². The highest BCUT2D eigenvalue weighted by molar-refractivity contribution is 9.10. The van der Waals surface area contributed by atoms with Gasteiger partial charge in [0.25, 0.3) is 0 Å². The quantitative estimate of drug-likeness (QED) is 0.841. The molecule has 1 atom stereocenters. The Morgan fingerprint density at radius 3 is 2.88 bits per heavy atom. The van der Waals surface area contributed by atoms with Gasteiger partial charge in [-0.3, -0.25) is 0 Å². The van der Waals surface area contributed by atoms with Crippen molar-refractivity contribution in [2.75, 3.05) is 23.7 Å². The van der Waals surface area contributed by atoms with Crippen molar-refractivity contribution in [1.29, 1.82) is 0 Å². The molecule has 16 heavy (non-hydrogen) atoms. The molecule has 88 valence electrons. The maximum absolute atomic E-state index is 5.89. The van der Waals surface area contributed by atoms with Gasteiger partial charge in [-0.05, 0) is 52.9 Å². The molecule has 1 aliphatic heterocycles. The van der Waals surface area contributed by atoms with E-state index in [4.69, 9.17) is 5.73 Å². The molecular formula is C13H19BrN2. The molecule has 1 fully saturated rings. The molecule has 1 heterocycles. The largest absolute Gasteiger partial charge is 0.398 e. The summed E-state index contributed by atoms with van der Waals surface area (Å²) in [4.78, 5) is 2.46. The maximum Gasteiger partial charge on any atom is 0.0514 e. The first kappa shape index (κ1) is 11.8. The highest BCUT2D eigenvalue weighted by Gasteiger charge is 2.22. The summed E-state index contributed by atoms with van der Waals surface area (Å²) in [5.74, 6) is 0.852. The number of benzene rings is 1. The summed E-state index contributed by atoms with van der Waals surface area (Å²) in [6.45, 7) is 6.69. The fourth-order valence-corrected chi connectivity index (χ4v) is 2.92. The topological polar surface area (TPSA) is 29.3 Å². The summed E-state index contributed by atoms with van der Waals surface area (Å²) in [6.07, 6.45) is 2.59. The zero-order valence-electron chi connectivity index (χ0n) is 9.96. The summed E-state index contributed by atoms with van der Waals surface area (Å²) >= 11 is 3.61. The van der Waals surface area contributed by atoms with Crippen LogP contribution in [0.2, 0.25) is 0 Å². The predicted molar refractivity (Wildman–Crippen MR) is 73.9 cm³/mol. The molecule has 1 aromatic carbocycles. The van der Waals surface area contributed by atoms with E-state index in [1.165, 1.54) is 31.6 Å². The minimum Gasteiger partial charge on any atom is -0.398 e. The van der Waals surface area contributed by atoms with Crippen molar-refractivity contribution in [3.8, 4) is 0 Å². The Balaban J connectivity index is 2.24. The molecule has 0 aliphatic carbocycles. The Kier molecular flexibility index (Phi) is 3.43. The molecule has 0 radical (unpaired) electrons. The van der Waals surface area contributed by atoms with Gasteiger partial charge in [-0.15, -0.1) is 0 Å². The van der Waals surface area contributed by atoms with Crippen LogP contribution in [0.5, 0.6) is 0 Å². The molecule has 1 unspecified atom stereocenters. The van der Waals surface area contributed by atoms with Gasteiger partial charge in [0, 0.05) is 23.2 Å². The average molecular weight is 283 g/mol. The third-order valence-corrected chi connectivity index (χ3v) is 4.17. The molecule has 0 amide bonds. The highest BCUT2D eigenvalue weighted by atomic mass is 79.9. The van der Waals surface area contributed by atoms with Crippen LogP contribution in [0, 0.1) is 12.8 Å². The molecule has 3 heteroatoms. The molecule has 1 aliphatic rings. The van der Waals surface area contributed by atoms with E-state index in [0.717, 1.165) is 21.6 Å². The van der Waals surface area contributed by atoms with Crippen molar-refractivity contribution in [2.45, 2.75) is 26.7 Å². The molecule has 2 rings (SSSR count). The number of nitrogen functional groups attached to an aromatic ring is 1. The van der Waals surface area contributed by atoms with Gasteiger partial charge in [0.05, 0.1) is 5.69 Å². The summed E-state index contributed by atoms with van der Waals surface area (Å²) in [7, 11) is 0. The number of hydrogen-bond donors (Lipinski definition) is 1. The van der Waals surface area contributed by atoms with Crippen molar-refractivity contribution in [2.24, 2.45) is 5.92 Å². The summed E-state index contributed by atoms with van der Waals surface area (Å²) < 4.78 is 1.12. The van der Waals surface area contributed by atoms with Crippen LogP contribution in [0.25, 0.3) is 0 Å². The number of aryl methyl sites for hydroxylation is 1. The lowest BCUT2D eigenvalue weighted by Gasteiger charge is -2.21. The average Bonchev–Trinajstić information content (AvgIpc) is 2.71. The van der Waals surface area contributed by atoms with Crippen LogP contribution in [-0.2, 0) is 0 Å². The molecule has 1 aromatic rings. The smallest absolute Gasteiger partial charge is 0.0514 e. The lowest BCUT2D eigenvalue weighted by molar-refractivity contribution is 0.569. The van der Waals surface area contributed by atoms with Crippen LogP contribution in [0.15, 0.2) is 16.6 Å². The monoisotopic (exact) mass is 282 g/mol. The van der Waals surface area contributed by atoms with Crippen LogP contribution in [0.1, 0.15) is 25.3 Å². The van der Waals surface area contributed by atoms with Gasteiger partial charge in [0.2, 0.25) is 0 Å². The van der Waals surface area contributed by atoms with Gasteiger partial charge in [-0.25, -0.2) is 0 Å². The highest BCUT2D eigenvalue weighted by Crippen LogP contribution is 2.34. The first-order valence-corrected chi connectivity index (χ1v) is 6.71. The summed E-state index contributed by atoms with van der Waals surface area (Å²) in [5, 5.41) is 0. The lowest BCUT2D eigenvalue weighted by atomic mass is 10.1. The number of rotatable bonds is 2. The zero-order valence-corrected chi connectivity index (χ0v) is 11.5. The van der Waals surface area contributed by atoms with E-state index >= 15 is 0 Å². The van der Waals surface area contributed by atoms with Crippen molar-refractivity contribution >= 4 is 27.3 Å². The van der Waals surface area contributed by atoms with Gasteiger partial charge in [0.1, 0.15) is 0 Å². The van der Waals surface area contributed by atoms with Crippen molar-refractivity contribution in [1.82, 2.24) is 0 Å². The minimum atomic E-state index is 0.852. The van der Waals surface area contributed by atoms with Crippen molar-refractivity contribution in [3.63, 3.8) is 0 Å². The van der Waals surface area contributed by atoms with Crippen molar-refractivity contribution < 1.29 is 0 Å². The number of halogens is 1. The zero-order chi connectivity index (χ0) is 11.7. The van der Waals surface area contributed by atoms with Crippen LogP contribution in [0.3, 0.4) is 0 Å². The Labute approximate surface area is 106 Å². The number of hydrogen-bond acceptors (Lipinski definition) is 2. The molecule has 0 saturated carbocycles. The molecule has 0 bridgehead atoms. The molecule has 1 saturated heterocycles. The van der Waals surface area contributed by atoms with Gasteiger partial charge < -0.3 is 10.6 Å². The molecule has 0 aromatic heterocycles. The van der Waals surface area contributed by atoms with E-state index < -0.39 is 0 Å². The number of nitrogens with zero attached hydrogens (tertiary/aromatic N) is 1. The van der Waals surface area contributed by atoms with Gasteiger partial charge in [0.15, 0.2) is 0 Å². The summed E-state index contributed by atoms with van der Waals surface area (Å²) in [6, 6.07) is 4.21. The van der Waals surface area contributed by atoms with E-state index in [1.807, 2.05) is 6.07 Å². The van der Waals surface area contributed by atoms with Crippen LogP contribution >= 0.6 is 15.9 Å². The number of nitrogens with two attached hydrogens (primary N) is 1. The molecule has 2 nitrogen and oxygen atoms in total. The second-order valence-corrected chi connectivity index (χ2v) is 5.52. The van der Waals surface area contributed by atoms with Gasteiger partial charge in [-0.2, -0.15) is 0 Å². The van der Waals surface area contributed by atoms with E-state index in [2.05, 4.69) is 40.7 Å². The standard InChI is InChI=1S/C13H19BrN2/c1-3-10-4-5-16(8-10)13-6-9(2)12(15)7-11(13)14/h6-7,10H,3-5,8,15H2,1-2H3. The fourth-order valence-electron chi connectivity index (χ4n) is 2.31. The Morgan fingerprint density at radius 2 is 2.25 bits per heavy atom. The van der Waals surface area contributed by atoms with Crippen LogP contribution < -0.4 is 10.6 Å². The molecule has 2 N–H and O–H groups in total. The first-order valence-electron chi connectivity index (χ1n) is 5.92. The van der Waals surface area contributed by atoms with Crippen LogP contribution in [0.4, 0.5) is 11.4 Å². The van der Waals surface area contributed by atoms with E-state index in [1.54, 1.807) is 0 Å². The van der Waals surface area contributed by atoms with Gasteiger partial charge >= 0.3 is 0 Å². The second-order valence-electron chi connectivity index (χ2n) is 4.67. The third kappa shape index (κ3) is 2.19. The minimum absolute atomic E-state index is 0.852. The Morgan fingerprint density at radius 1 is 1.50 bits per heavy atom. The Hall–Kier alpha value is -0.700. The normalized spacial score (nSPS) is 20.4. The van der Waals surface area contributed by atoms with E-state index in [0.29, 0.717) is 0 Å². The Bertz CT molecular complexity index is 390. The fraction of sp³-hybridized carbons (Fsp3) is 0.538. The third-order valence-electron chi connectivity index (χ3n) is 3.54. The SMILES string of the molecule is CCC1CCN(c2cc(C)c(N)cc2Br)C1. The predicted octanol–water partition coefficient (Wildman–Crippen LogP) is 3.58. The summed E-state index contributed by atoms with van der Waals surface area (Å²) in [5.41, 5.74) is 9.22.